The van der Waals surface area contributed by atoms with E-state index in [9.17, 15) is 9.59 Å². The van der Waals surface area contributed by atoms with E-state index in [4.69, 9.17) is 5.73 Å². The number of nitrogens with zero attached hydrogens (tertiary/aromatic N) is 3. The van der Waals surface area contributed by atoms with Gasteiger partial charge in [0, 0.05) is 18.4 Å². The number of nitrogens with two attached hydrogens (primary N) is 1. The third kappa shape index (κ3) is 3.48. The second-order valence-corrected chi connectivity index (χ2v) is 7.48. The SMILES string of the molecule is Cc1ccc(N)cc1NC(=O)c1sc(-c2c(C)c(C)nn(C)c2=O)nc1C. The van der Waals surface area contributed by atoms with Crippen LogP contribution in [0.1, 0.15) is 32.2 Å². The standard InChI is InChI=1S/C19H21N5O2S/c1-9-6-7-13(20)8-14(9)22-17(25)16-12(4)21-18(27-16)15-10(2)11(3)23-24(5)19(15)26/h6-8H,20H2,1-5H3,(H,22,25). The van der Waals surface area contributed by atoms with Gasteiger partial charge in [-0.05, 0) is 51.0 Å². The first-order chi connectivity index (χ1) is 12.7. The number of rotatable bonds is 3. The molecule has 2 heterocycles. The van der Waals surface area contributed by atoms with Gasteiger partial charge in [-0.25, -0.2) is 9.67 Å². The lowest BCUT2D eigenvalue weighted by molar-refractivity contribution is 0.102. The number of carbonyl (C=O) groups excluding carboxylic acids is 1. The summed E-state index contributed by atoms with van der Waals surface area (Å²) in [5.74, 6) is -0.273. The van der Waals surface area contributed by atoms with Crippen LogP contribution in [0.4, 0.5) is 11.4 Å². The molecule has 3 rings (SSSR count). The van der Waals surface area contributed by atoms with Gasteiger partial charge in [-0.2, -0.15) is 5.10 Å². The fourth-order valence-electron chi connectivity index (χ4n) is 2.77. The molecule has 0 saturated heterocycles. The summed E-state index contributed by atoms with van der Waals surface area (Å²) in [4.78, 5) is 30.3. The van der Waals surface area contributed by atoms with E-state index < -0.39 is 0 Å². The van der Waals surface area contributed by atoms with Gasteiger partial charge in [-0.3, -0.25) is 9.59 Å². The molecule has 3 aromatic rings. The maximum absolute atomic E-state index is 12.8. The fourth-order valence-corrected chi connectivity index (χ4v) is 3.82. The third-order valence-electron chi connectivity index (χ3n) is 4.45. The predicted molar refractivity (Wildman–Crippen MR) is 108 cm³/mol. The van der Waals surface area contributed by atoms with Crippen LogP contribution in [-0.4, -0.2) is 20.7 Å². The van der Waals surface area contributed by atoms with Crippen LogP contribution in [0.15, 0.2) is 23.0 Å². The minimum absolute atomic E-state index is 0.231. The maximum Gasteiger partial charge on any atom is 0.277 e. The van der Waals surface area contributed by atoms with E-state index in [1.807, 2.05) is 26.8 Å². The summed E-state index contributed by atoms with van der Waals surface area (Å²) in [6, 6.07) is 5.35. The lowest BCUT2D eigenvalue weighted by Gasteiger charge is -2.08. The molecule has 140 valence electrons. The van der Waals surface area contributed by atoms with E-state index in [1.54, 1.807) is 26.1 Å². The molecule has 1 aromatic carbocycles. The predicted octanol–water partition coefficient (Wildman–Crippen LogP) is 2.97. The number of nitrogen functional groups attached to an aromatic ring is 1. The summed E-state index contributed by atoms with van der Waals surface area (Å²) >= 11 is 1.20. The van der Waals surface area contributed by atoms with Crippen molar-refractivity contribution in [1.29, 1.82) is 0 Å². The van der Waals surface area contributed by atoms with Gasteiger partial charge in [0.2, 0.25) is 0 Å². The second kappa shape index (κ2) is 6.96. The number of hydrogen-bond acceptors (Lipinski definition) is 6. The van der Waals surface area contributed by atoms with E-state index >= 15 is 0 Å². The average Bonchev–Trinajstić information content (AvgIpc) is 2.98. The second-order valence-electron chi connectivity index (χ2n) is 6.48. The van der Waals surface area contributed by atoms with Crippen molar-refractivity contribution in [1.82, 2.24) is 14.8 Å². The van der Waals surface area contributed by atoms with E-state index in [0.717, 1.165) is 16.8 Å². The summed E-state index contributed by atoms with van der Waals surface area (Å²) in [5, 5.41) is 7.59. The molecule has 3 N–H and O–H groups in total. The normalized spacial score (nSPS) is 10.9. The Balaban J connectivity index is 2.02. The molecule has 0 fully saturated rings. The number of aromatic nitrogens is 3. The smallest absolute Gasteiger partial charge is 0.277 e. The van der Waals surface area contributed by atoms with Crippen LogP contribution < -0.4 is 16.6 Å². The fraction of sp³-hybridized carbons (Fsp3) is 0.263. The van der Waals surface area contributed by atoms with Gasteiger partial charge >= 0.3 is 0 Å². The largest absolute Gasteiger partial charge is 0.399 e. The maximum atomic E-state index is 12.8. The Labute approximate surface area is 160 Å². The Hall–Kier alpha value is -3.00. The zero-order valence-corrected chi connectivity index (χ0v) is 16.7. The molecule has 27 heavy (non-hydrogen) atoms. The van der Waals surface area contributed by atoms with Crippen molar-refractivity contribution in [2.24, 2.45) is 7.05 Å². The molecule has 2 aromatic heterocycles. The third-order valence-corrected chi connectivity index (χ3v) is 5.63. The van der Waals surface area contributed by atoms with Gasteiger partial charge < -0.3 is 11.1 Å². The van der Waals surface area contributed by atoms with Crippen LogP contribution in [0, 0.1) is 27.7 Å². The van der Waals surface area contributed by atoms with Gasteiger partial charge in [0.25, 0.3) is 11.5 Å². The van der Waals surface area contributed by atoms with Gasteiger partial charge in [-0.1, -0.05) is 6.07 Å². The van der Waals surface area contributed by atoms with Crippen LogP contribution in [0.25, 0.3) is 10.6 Å². The summed E-state index contributed by atoms with van der Waals surface area (Å²) < 4.78 is 1.30. The minimum atomic E-state index is -0.273. The van der Waals surface area contributed by atoms with E-state index in [2.05, 4.69) is 15.4 Å². The van der Waals surface area contributed by atoms with Crippen molar-refractivity contribution >= 4 is 28.6 Å². The van der Waals surface area contributed by atoms with Crippen LogP contribution in [0.5, 0.6) is 0 Å². The zero-order valence-electron chi connectivity index (χ0n) is 15.9. The monoisotopic (exact) mass is 383 g/mol. The number of aryl methyl sites for hydroxylation is 4. The zero-order chi connectivity index (χ0) is 19.9. The molecule has 0 bridgehead atoms. The lowest BCUT2D eigenvalue weighted by Crippen LogP contribution is -2.23. The first-order valence-corrected chi connectivity index (χ1v) is 9.20. The van der Waals surface area contributed by atoms with E-state index in [1.165, 1.54) is 16.0 Å². The molecule has 7 nitrogen and oxygen atoms in total. The Morgan fingerprint density at radius 2 is 1.89 bits per heavy atom. The number of thiazole rings is 1. The van der Waals surface area contributed by atoms with Crippen molar-refractivity contribution in [2.45, 2.75) is 27.7 Å². The highest BCUT2D eigenvalue weighted by Crippen LogP contribution is 2.29. The minimum Gasteiger partial charge on any atom is -0.399 e. The van der Waals surface area contributed by atoms with Crippen LogP contribution in [-0.2, 0) is 7.05 Å². The van der Waals surface area contributed by atoms with Crippen molar-refractivity contribution in [2.75, 3.05) is 11.1 Å². The number of carbonyl (C=O) groups is 1. The highest BCUT2D eigenvalue weighted by molar-refractivity contribution is 7.17. The molecule has 0 radical (unpaired) electrons. The number of nitrogens with one attached hydrogen (secondary N) is 1. The quantitative estimate of drug-likeness (QED) is 0.677. The molecule has 0 aliphatic heterocycles. The van der Waals surface area contributed by atoms with Crippen LogP contribution in [0.3, 0.4) is 0 Å². The summed E-state index contributed by atoms with van der Waals surface area (Å²) in [7, 11) is 1.61. The molecule has 0 aliphatic carbocycles. The van der Waals surface area contributed by atoms with E-state index in [-0.39, 0.29) is 11.5 Å². The summed E-state index contributed by atoms with van der Waals surface area (Å²) in [5.41, 5.74) is 10.3. The number of anilines is 2. The highest BCUT2D eigenvalue weighted by Gasteiger charge is 2.21. The molecular formula is C19H21N5O2S. The number of benzene rings is 1. The van der Waals surface area contributed by atoms with Crippen molar-refractivity contribution in [3.05, 3.63) is 55.9 Å². The van der Waals surface area contributed by atoms with Crippen molar-refractivity contribution in [3.63, 3.8) is 0 Å². The van der Waals surface area contributed by atoms with E-state index in [0.29, 0.717) is 32.5 Å². The Kier molecular flexibility index (Phi) is 4.84. The number of hydrogen-bond donors (Lipinski definition) is 2. The highest BCUT2D eigenvalue weighted by atomic mass is 32.1. The summed E-state index contributed by atoms with van der Waals surface area (Å²) in [6.07, 6.45) is 0. The average molecular weight is 383 g/mol. The molecule has 8 heteroatoms. The molecule has 0 spiro atoms. The van der Waals surface area contributed by atoms with Gasteiger partial charge in [-0.15, -0.1) is 11.3 Å². The number of amides is 1. The Morgan fingerprint density at radius 1 is 1.19 bits per heavy atom. The van der Waals surface area contributed by atoms with Gasteiger partial charge in [0.1, 0.15) is 9.88 Å². The topological polar surface area (TPSA) is 103 Å². The van der Waals surface area contributed by atoms with Gasteiger partial charge in [0.05, 0.1) is 17.0 Å². The molecule has 1 amide bonds. The Morgan fingerprint density at radius 3 is 2.59 bits per heavy atom. The first-order valence-electron chi connectivity index (χ1n) is 8.38. The van der Waals surface area contributed by atoms with Crippen LogP contribution >= 0.6 is 11.3 Å². The molecule has 0 saturated carbocycles. The van der Waals surface area contributed by atoms with Crippen molar-refractivity contribution in [3.8, 4) is 10.6 Å². The lowest BCUT2D eigenvalue weighted by atomic mass is 10.1. The Bertz CT molecular complexity index is 1110. The summed E-state index contributed by atoms with van der Waals surface area (Å²) in [6.45, 7) is 7.34. The van der Waals surface area contributed by atoms with Crippen LogP contribution in [0.2, 0.25) is 0 Å². The van der Waals surface area contributed by atoms with Crippen molar-refractivity contribution < 1.29 is 4.79 Å². The molecular weight excluding hydrogens is 362 g/mol. The molecule has 0 unspecified atom stereocenters. The first kappa shape index (κ1) is 18.8. The molecule has 0 atom stereocenters. The molecule has 0 aliphatic rings. The van der Waals surface area contributed by atoms with Gasteiger partial charge in [0.15, 0.2) is 0 Å².